The van der Waals surface area contributed by atoms with Gasteiger partial charge in [0.15, 0.2) is 0 Å². The van der Waals surface area contributed by atoms with Crippen LogP contribution in [0.5, 0.6) is 0 Å². The van der Waals surface area contributed by atoms with Crippen LogP contribution in [0.15, 0.2) is 35.1 Å². The van der Waals surface area contributed by atoms with Crippen molar-refractivity contribution in [3.8, 4) is 0 Å². The van der Waals surface area contributed by atoms with Crippen LogP contribution >= 0.6 is 0 Å². The Balaban J connectivity index is 2.35. The van der Waals surface area contributed by atoms with Crippen molar-refractivity contribution in [2.24, 2.45) is 0 Å². The molecule has 0 aliphatic carbocycles. The maximum absolute atomic E-state index is 12.9. The van der Waals surface area contributed by atoms with Crippen LogP contribution in [0.4, 0.5) is 4.39 Å². The van der Waals surface area contributed by atoms with E-state index >= 15 is 0 Å². The maximum atomic E-state index is 12.9. The number of pyridine rings is 1. The van der Waals surface area contributed by atoms with Crippen LogP contribution in [-0.4, -0.2) is 17.6 Å². The summed E-state index contributed by atoms with van der Waals surface area (Å²) in [6.45, 7) is 3.64. The fraction of sp³-hybridized carbons (Fsp3) is 0.250. The number of aryl methyl sites for hydroxylation is 1. The van der Waals surface area contributed by atoms with Crippen molar-refractivity contribution in [2.45, 2.75) is 20.3 Å². The van der Waals surface area contributed by atoms with Crippen molar-refractivity contribution in [2.75, 3.05) is 6.61 Å². The smallest absolute Gasteiger partial charge is 0.339 e. The number of carbonyl (C=O) groups excluding carboxylic acids is 1. The lowest BCUT2D eigenvalue weighted by atomic mass is 10.0. The quantitative estimate of drug-likeness (QED) is 0.880. The monoisotopic (exact) mass is 289 g/mol. The topological polar surface area (TPSA) is 59.2 Å². The number of nitrogens with one attached hydrogen (secondary N) is 1. The molecule has 0 saturated carbocycles. The fourth-order valence-corrected chi connectivity index (χ4v) is 2.04. The highest BCUT2D eigenvalue weighted by atomic mass is 19.1. The van der Waals surface area contributed by atoms with E-state index in [1.54, 1.807) is 26.0 Å². The number of benzene rings is 1. The lowest BCUT2D eigenvalue weighted by molar-refractivity contribution is 0.0524. The Morgan fingerprint density at radius 1 is 1.29 bits per heavy atom. The predicted octanol–water partition coefficient (Wildman–Crippen LogP) is 2.59. The first-order chi connectivity index (χ1) is 10.0. The number of rotatable bonds is 4. The van der Waals surface area contributed by atoms with E-state index in [1.165, 1.54) is 18.2 Å². The first-order valence-corrected chi connectivity index (χ1v) is 6.65. The molecule has 0 amide bonds. The molecule has 21 heavy (non-hydrogen) atoms. The van der Waals surface area contributed by atoms with E-state index in [0.717, 1.165) is 5.56 Å². The number of aromatic nitrogens is 1. The first-order valence-electron chi connectivity index (χ1n) is 6.65. The normalized spacial score (nSPS) is 10.4. The highest BCUT2D eigenvalue weighted by Crippen LogP contribution is 2.12. The zero-order valence-corrected chi connectivity index (χ0v) is 11.9. The molecule has 0 atom stereocenters. The lowest BCUT2D eigenvalue weighted by Gasteiger charge is -2.08. The molecule has 0 aliphatic rings. The molecule has 1 aromatic carbocycles. The van der Waals surface area contributed by atoms with Gasteiger partial charge in [-0.05, 0) is 37.6 Å². The number of aromatic amines is 1. The third kappa shape index (κ3) is 3.56. The Labute approximate surface area is 121 Å². The number of hydrogen-bond donors (Lipinski definition) is 1. The summed E-state index contributed by atoms with van der Waals surface area (Å²) in [5.74, 6) is -0.796. The van der Waals surface area contributed by atoms with Crippen molar-refractivity contribution >= 4 is 5.97 Å². The summed E-state index contributed by atoms with van der Waals surface area (Å²) in [4.78, 5) is 26.4. The number of hydrogen-bond acceptors (Lipinski definition) is 3. The molecule has 0 unspecified atom stereocenters. The van der Waals surface area contributed by atoms with Crippen LogP contribution in [0.3, 0.4) is 0 Å². The Kier molecular flexibility index (Phi) is 4.52. The molecule has 0 saturated heterocycles. The molecule has 0 spiro atoms. The van der Waals surface area contributed by atoms with E-state index in [0.29, 0.717) is 23.2 Å². The minimum atomic E-state index is -0.466. The molecule has 5 heteroatoms. The molecule has 0 radical (unpaired) electrons. The average molecular weight is 289 g/mol. The molecule has 0 bridgehead atoms. The standard InChI is InChI=1S/C16H16FNO3/c1-3-21-16(20)14-9-12(15(19)18-10(14)2)8-11-4-6-13(17)7-5-11/h4-7,9H,3,8H2,1-2H3,(H,18,19). The molecule has 0 fully saturated rings. The van der Waals surface area contributed by atoms with Crippen molar-refractivity contribution in [3.63, 3.8) is 0 Å². The first kappa shape index (κ1) is 15.0. The van der Waals surface area contributed by atoms with E-state index in [4.69, 9.17) is 4.74 Å². The number of carbonyl (C=O) groups is 1. The van der Waals surface area contributed by atoms with Crippen LogP contribution in [0.1, 0.15) is 34.1 Å². The Bertz CT molecular complexity index is 704. The van der Waals surface area contributed by atoms with Crippen LogP contribution in [0.2, 0.25) is 0 Å². The molecule has 2 aromatic rings. The van der Waals surface area contributed by atoms with Gasteiger partial charge in [-0.2, -0.15) is 0 Å². The van der Waals surface area contributed by atoms with Gasteiger partial charge in [-0.25, -0.2) is 9.18 Å². The van der Waals surface area contributed by atoms with Crippen molar-refractivity contribution in [1.29, 1.82) is 0 Å². The molecule has 0 aliphatic heterocycles. The largest absolute Gasteiger partial charge is 0.462 e. The zero-order chi connectivity index (χ0) is 15.4. The number of esters is 1. The summed E-state index contributed by atoms with van der Waals surface area (Å²) in [5, 5.41) is 0. The van der Waals surface area contributed by atoms with Crippen molar-refractivity contribution in [1.82, 2.24) is 4.98 Å². The number of H-pyrrole nitrogens is 1. The van der Waals surface area contributed by atoms with E-state index in [9.17, 15) is 14.0 Å². The highest BCUT2D eigenvalue weighted by Gasteiger charge is 2.14. The van der Waals surface area contributed by atoms with Gasteiger partial charge in [-0.1, -0.05) is 12.1 Å². The summed E-state index contributed by atoms with van der Waals surface area (Å²) in [6, 6.07) is 7.43. The average Bonchev–Trinajstić information content (AvgIpc) is 2.44. The molecule has 4 nitrogen and oxygen atoms in total. The van der Waals surface area contributed by atoms with Crippen molar-refractivity contribution in [3.05, 3.63) is 68.9 Å². The molecule has 110 valence electrons. The van der Waals surface area contributed by atoms with Gasteiger partial charge in [0.1, 0.15) is 5.82 Å². The zero-order valence-electron chi connectivity index (χ0n) is 11.9. The third-order valence-electron chi connectivity index (χ3n) is 3.12. The van der Waals surface area contributed by atoms with Crippen LogP contribution in [0.25, 0.3) is 0 Å². The predicted molar refractivity (Wildman–Crippen MR) is 77.0 cm³/mol. The maximum Gasteiger partial charge on any atom is 0.339 e. The summed E-state index contributed by atoms with van der Waals surface area (Å²) in [7, 11) is 0. The molecule has 1 aromatic heterocycles. The van der Waals surface area contributed by atoms with E-state index in [-0.39, 0.29) is 18.0 Å². The Morgan fingerprint density at radius 3 is 2.57 bits per heavy atom. The van der Waals surface area contributed by atoms with E-state index in [1.807, 2.05) is 0 Å². The van der Waals surface area contributed by atoms with E-state index in [2.05, 4.69) is 4.98 Å². The van der Waals surface area contributed by atoms with Gasteiger partial charge >= 0.3 is 5.97 Å². The second kappa shape index (κ2) is 6.35. The van der Waals surface area contributed by atoms with Gasteiger partial charge < -0.3 is 9.72 Å². The fourth-order valence-electron chi connectivity index (χ4n) is 2.04. The number of ether oxygens (including phenoxy) is 1. The second-order valence-electron chi connectivity index (χ2n) is 4.69. The van der Waals surface area contributed by atoms with Crippen LogP contribution in [-0.2, 0) is 11.2 Å². The minimum absolute atomic E-state index is 0.259. The van der Waals surface area contributed by atoms with Gasteiger partial charge in [0.05, 0.1) is 12.2 Å². The summed E-state index contributed by atoms with van der Waals surface area (Å²) in [6.07, 6.45) is 0.322. The van der Waals surface area contributed by atoms with E-state index < -0.39 is 5.97 Å². The summed E-state index contributed by atoms with van der Waals surface area (Å²) >= 11 is 0. The van der Waals surface area contributed by atoms with Gasteiger partial charge in [-0.3, -0.25) is 4.79 Å². The second-order valence-corrected chi connectivity index (χ2v) is 4.69. The van der Waals surface area contributed by atoms with Crippen LogP contribution in [0, 0.1) is 12.7 Å². The molecule has 1 N–H and O–H groups in total. The van der Waals surface area contributed by atoms with Gasteiger partial charge in [-0.15, -0.1) is 0 Å². The Hall–Kier alpha value is -2.43. The number of halogens is 1. The molecule has 2 rings (SSSR count). The molecule has 1 heterocycles. The van der Waals surface area contributed by atoms with Gasteiger partial charge in [0.25, 0.3) is 5.56 Å². The summed E-state index contributed by atoms with van der Waals surface area (Å²) < 4.78 is 17.8. The molecular formula is C16H16FNO3. The Morgan fingerprint density at radius 2 is 1.95 bits per heavy atom. The minimum Gasteiger partial charge on any atom is -0.462 e. The molecular weight excluding hydrogens is 273 g/mol. The van der Waals surface area contributed by atoms with Crippen LogP contribution < -0.4 is 5.56 Å². The third-order valence-corrected chi connectivity index (χ3v) is 3.12. The van der Waals surface area contributed by atoms with Gasteiger partial charge in [0, 0.05) is 17.7 Å². The SMILES string of the molecule is CCOC(=O)c1cc(Cc2ccc(F)cc2)c(=O)[nH]c1C. The van der Waals surface area contributed by atoms with Crippen molar-refractivity contribution < 1.29 is 13.9 Å². The summed E-state index contributed by atoms with van der Waals surface area (Å²) in [5.41, 5.74) is 1.79. The van der Waals surface area contributed by atoms with Gasteiger partial charge in [0.2, 0.25) is 0 Å². The highest BCUT2D eigenvalue weighted by molar-refractivity contribution is 5.90. The lowest BCUT2D eigenvalue weighted by Crippen LogP contribution is -2.19.